The van der Waals surface area contributed by atoms with Crippen molar-refractivity contribution in [3.05, 3.63) is 0 Å². The van der Waals surface area contributed by atoms with Crippen molar-refractivity contribution in [1.29, 1.82) is 0 Å². The second-order valence-corrected chi connectivity index (χ2v) is 1.90. The third-order valence-corrected chi connectivity index (χ3v) is 1.15. The van der Waals surface area contributed by atoms with E-state index in [-0.39, 0.29) is 0 Å². The summed E-state index contributed by atoms with van der Waals surface area (Å²) in [4.78, 5) is 13.8. The van der Waals surface area contributed by atoms with Crippen LogP contribution in [0.1, 0.15) is 6.42 Å². The van der Waals surface area contributed by atoms with E-state index in [9.17, 15) is 4.79 Å². The van der Waals surface area contributed by atoms with Crippen LogP contribution in [-0.2, 0) is 4.79 Å². The number of hydrazine groups is 1. The molecule has 5 heteroatoms. The summed E-state index contributed by atoms with van der Waals surface area (Å²) < 4.78 is 0. The minimum absolute atomic E-state index is 0.568. The largest absolute Gasteiger partial charge is 0.355 e. The minimum atomic E-state index is 0.568. The van der Waals surface area contributed by atoms with E-state index >= 15 is 0 Å². The van der Waals surface area contributed by atoms with Gasteiger partial charge in [-0.25, -0.2) is 0 Å². The third kappa shape index (κ3) is 1.93. The Kier molecular flexibility index (Phi) is 2.54. The molecule has 0 aromatic rings. The van der Waals surface area contributed by atoms with Gasteiger partial charge in [0.05, 0.1) is 0 Å². The topological polar surface area (TPSA) is 65.5 Å². The van der Waals surface area contributed by atoms with Crippen molar-refractivity contribution < 1.29 is 4.79 Å². The average molecular weight is 142 g/mol. The molecule has 0 saturated carbocycles. The first-order valence-corrected chi connectivity index (χ1v) is 3.17. The molecule has 5 nitrogen and oxygen atoms in total. The molecule has 0 aromatic carbocycles. The first-order valence-electron chi connectivity index (χ1n) is 3.17. The molecule has 10 heavy (non-hydrogen) atoms. The van der Waals surface area contributed by atoms with E-state index in [1.165, 1.54) is 0 Å². The van der Waals surface area contributed by atoms with Crippen molar-refractivity contribution in [2.75, 3.05) is 13.1 Å². The van der Waals surface area contributed by atoms with Gasteiger partial charge in [-0.05, 0) is 6.42 Å². The van der Waals surface area contributed by atoms with Crippen molar-refractivity contribution in [2.24, 2.45) is 4.99 Å². The highest BCUT2D eigenvalue weighted by Crippen LogP contribution is 1.84. The van der Waals surface area contributed by atoms with E-state index in [4.69, 9.17) is 0 Å². The summed E-state index contributed by atoms with van der Waals surface area (Å²) >= 11 is 0. The molecule has 1 amide bonds. The number of nitrogens with zero attached hydrogens (tertiary/aromatic N) is 1. The highest BCUT2D eigenvalue weighted by Gasteiger charge is 2.00. The molecule has 3 N–H and O–H groups in total. The number of carbonyl (C=O) groups excluding carboxylic acids is 1. The Balaban J connectivity index is 2.24. The average Bonchev–Trinajstić information content (AvgIpc) is 2.03. The first kappa shape index (κ1) is 6.85. The Bertz CT molecular complexity index is 145. The van der Waals surface area contributed by atoms with E-state index < -0.39 is 0 Å². The Morgan fingerprint density at radius 2 is 2.60 bits per heavy atom. The summed E-state index contributed by atoms with van der Waals surface area (Å²) in [7, 11) is 0. The molecule has 56 valence electrons. The van der Waals surface area contributed by atoms with Gasteiger partial charge >= 0.3 is 0 Å². The SMILES string of the molecule is O=CNNC1=NCCCN1. The molecular formula is C5H10N4O. The van der Waals surface area contributed by atoms with Crippen LogP contribution in [0.25, 0.3) is 0 Å². The maximum absolute atomic E-state index is 9.79. The van der Waals surface area contributed by atoms with Gasteiger partial charge in [0.1, 0.15) is 0 Å². The summed E-state index contributed by atoms with van der Waals surface area (Å²) in [5.41, 5.74) is 4.89. The number of carbonyl (C=O) groups is 1. The van der Waals surface area contributed by atoms with Crippen LogP contribution in [0.2, 0.25) is 0 Å². The van der Waals surface area contributed by atoms with E-state index in [0.29, 0.717) is 12.4 Å². The normalized spacial score (nSPS) is 16.6. The molecule has 1 aliphatic heterocycles. The zero-order chi connectivity index (χ0) is 7.23. The van der Waals surface area contributed by atoms with E-state index in [1.54, 1.807) is 0 Å². The predicted octanol–water partition coefficient (Wildman–Crippen LogP) is -1.41. The van der Waals surface area contributed by atoms with E-state index in [0.717, 1.165) is 19.5 Å². The van der Waals surface area contributed by atoms with Crippen LogP contribution in [0.5, 0.6) is 0 Å². The maximum atomic E-state index is 9.79. The lowest BCUT2D eigenvalue weighted by molar-refractivity contribution is -0.110. The third-order valence-electron chi connectivity index (χ3n) is 1.15. The fraction of sp³-hybridized carbons (Fsp3) is 0.600. The highest BCUT2D eigenvalue weighted by atomic mass is 16.1. The number of aliphatic imine (C=N–C) groups is 1. The summed E-state index contributed by atoms with van der Waals surface area (Å²) in [5.74, 6) is 0.637. The fourth-order valence-corrected chi connectivity index (χ4v) is 0.714. The summed E-state index contributed by atoms with van der Waals surface area (Å²) in [6.45, 7) is 1.72. The lowest BCUT2D eigenvalue weighted by Gasteiger charge is -2.14. The zero-order valence-electron chi connectivity index (χ0n) is 5.55. The monoisotopic (exact) mass is 142 g/mol. The number of guanidine groups is 1. The number of hydrogen-bond donors (Lipinski definition) is 3. The standard InChI is InChI=1S/C5H10N4O/c10-4-8-9-5-6-2-1-3-7-5/h4H,1-3H2,(H,8,10)(H2,6,7,9). The van der Waals surface area contributed by atoms with Crippen LogP contribution < -0.4 is 16.2 Å². The van der Waals surface area contributed by atoms with Gasteiger partial charge in [0.25, 0.3) is 0 Å². The van der Waals surface area contributed by atoms with Gasteiger partial charge < -0.3 is 5.32 Å². The van der Waals surface area contributed by atoms with Crippen LogP contribution in [0.3, 0.4) is 0 Å². The Morgan fingerprint density at radius 3 is 3.20 bits per heavy atom. The number of rotatable bonds is 2. The van der Waals surface area contributed by atoms with Crippen molar-refractivity contribution in [3.8, 4) is 0 Å². The van der Waals surface area contributed by atoms with Crippen molar-refractivity contribution >= 4 is 12.4 Å². The molecule has 0 atom stereocenters. The van der Waals surface area contributed by atoms with Crippen LogP contribution in [0.4, 0.5) is 0 Å². The van der Waals surface area contributed by atoms with Crippen LogP contribution in [-0.4, -0.2) is 25.5 Å². The van der Waals surface area contributed by atoms with Gasteiger partial charge in [-0.1, -0.05) is 0 Å². The molecule has 0 radical (unpaired) electrons. The summed E-state index contributed by atoms with van der Waals surface area (Å²) in [6, 6.07) is 0. The van der Waals surface area contributed by atoms with Crippen molar-refractivity contribution in [2.45, 2.75) is 6.42 Å². The molecule has 0 fully saturated rings. The Hall–Kier alpha value is -1.26. The second kappa shape index (κ2) is 3.71. The molecule has 0 aliphatic carbocycles. The molecule has 0 aromatic heterocycles. The smallest absolute Gasteiger partial charge is 0.225 e. The number of nitrogens with one attached hydrogen (secondary N) is 3. The maximum Gasteiger partial charge on any atom is 0.225 e. The van der Waals surface area contributed by atoms with E-state index in [2.05, 4.69) is 21.2 Å². The molecule has 0 spiro atoms. The summed E-state index contributed by atoms with van der Waals surface area (Å²) in [5, 5.41) is 2.97. The molecule has 1 aliphatic rings. The van der Waals surface area contributed by atoms with Gasteiger partial charge in [-0.2, -0.15) is 0 Å². The minimum Gasteiger partial charge on any atom is -0.355 e. The Labute approximate surface area is 58.9 Å². The van der Waals surface area contributed by atoms with Crippen molar-refractivity contribution in [1.82, 2.24) is 16.2 Å². The van der Waals surface area contributed by atoms with E-state index in [1.807, 2.05) is 0 Å². The lowest BCUT2D eigenvalue weighted by Crippen LogP contribution is -2.46. The molecule has 1 heterocycles. The van der Waals surface area contributed by atoms with Crippen LogP contribution >= 0.6 is 0 Å². The van der Waals surface area contributed by atoms with Gasteiger partial charge in [0.15, 0.2) is 0 Å². The molecule has 0 saturated heterocycles. The summed E-state index contributed by atoms with van der Waals surface area (Å²) in [6.07, 6.45) is 1.62. The van der Waals surface area contributed by atoms with Crippen LogP contribution in [0, 0.1) is 0 Å². The quantitative estimate of drug-likeness (QED) is 0.328. The number of amides is 1. The van der Waals surface area contributed by atoms with Gasteiger partial charge in [-0.3, -0.25) is 20.6 Å². The van der Waals surface area contributed by atoms with Gasteiger partial charge in [0, 0.05) is 13.1 Å². The predicted molar refractivity (Wildman–Crippen MR) is 37.3 cm³/mol. The van der Waals surface area contributed by atoms with Crippen molar-refractivity contribution in [3.63, 3.8) is 0 Å². The fourth-order valence-electron chi connectivity index (χ4n) is 0.714. The zero-order valence-corrected chi connectivity index (χ0v) is 5.55. The molecule has 1 rings (SSSR count). The van der Waals surface area contributed by atoms with Gasteiger partial charge in [0.2, 0.25) is 12.4 Å². The molecule has 0 unspecified atom stereocenters. The van der Waals surface area contributed by atoms with Crippen LogP contribution in [0.15, 0.2) is 4.99 Å². The molecule has 0 bridgehead atoms. The lowest BCUT2D eigenvalue weighted by atomic mass is 10.4. The first-order chi connectivity index (χ1) is 4.93. The highest BCUT2D eigenvalue weighted by molar-refractivity contribution is 5.80. The second-order valence-electron chi connectivity index (χ2n) is 1.90. The Morgan fingerprint density at radius 1 is 1.70 bits per heavy atom. The molecular weight excluding hydrogens is 132 g/mol. The number of hydrogen-bond acceptors (Lipinski definition) is 4. The van der Waals surface area contributed by atoms with Gasteiger partial charge in [-0.15, -0.1) is 0 Å².